The van der Waals surface area contributed by atoms with Gasteiger partial charge < -0.3 is 10.2 Å². The second kappa shape index (κ2) is 3.32. The number of fused-ring (bicyclic) bond motifs is 12. The molecule has 0 aromatic carbocycles. The minimum absolute atomic E-state index is 0.440. The van der Waals surface area contributed by atoms with E-state index in [0.29, 0.717) is 25.0 Å². The van der Waals surface area contributed by atoms with E-state index in [1.54, 1.807) is 0 Å². The fourth-order valence-electron chi connectivity index (χ4n) is 7.67. The van der Waals surface area contributed by atoms with Crippen LogP contribution in [0.4, 0.5) is 0 Å². The summed E-state index contributed by atoms with van der Waals surface area (Å²) in [4.78, 5) is 0. The Morgan fingerprint density at radius 3 is 1.44 bits per heavy atom. The molecule has 6 atom stereocenters. The zero-order valence-corrected chi connectivity index (χ0v) is 10.9. The van der Waals surface area contributed by atoms with Crippen molar-refractivity contribution in [1.29, 1.82) is 0 Å². The Morgan fingerprint density at radius 1 is 0.611 bits per heavy atom. The molecule has 0 aromatic rings. The topological polar surface area (TPSA) is 40.5 Å². The molecule has 0 saturated heterocycles. The number of rotatable bonds is 2. The second-order valence-corrected chi connectivity index (χ2v) is 7.99. The molecular formula is C16H24O2. The molecule has 2 nitrogen and oxygen atoms in total. The summed E-state index contributed by atoms with van der Waals surface area (Å²) >= 11 is 0. The zero-order valence-electron chi connectivity index (χ0n) is 10.9. The molecule has 0 heterocycles. The molecule has 5 aliphatic rings. The zero-order chi connectivity index (χ0) is 12.0. The average molecular weight is 248 g/mol. The van der Waals surface area contributed by atoms with E-state index in [4.69, 9.17) is 0 Å². The van der Waals surface area contributed by atoms with Gasteiger partial charge in [0.25, 0.3) is 0 Å². The van der Waals surface area contributed by atoms with Crippen molar-refractivity contribution in [2.24, 2.45) is 59.2 Å². The van der Waals surface area contributed by atoms with Gasteiger partial charge in [0, 0.05) is 13.2 Å². The van der Waals surface area contributed by atoms with Gasteiger partial charge in [-0.2, -0.15) is 0 Å². The third-order valence-electron chi connectivity index (χ3n) is 7.90. The van der Waals surface area contributed by atoms with Crippen LogP contribution in [0.3, 0.4) is 0 Å². The molecule has 18 heavy (non-hydrogen) atoms. The van der Waals surface area contributed by atoms with E-state index in [2.05, 4.69) is 0 Å². The summed E-state index contributed by atoms with van der Waals surface area (Å²) in [7, 11) is 0. The smallest absolute Gasteiger partial charge is 0.0462 e. The maximum absolute atomic E-state index is 9.54. The molecule has 5 rings (SSSR count). The molecule has 5 fully saturated rings. The highest BCUT2D eigenvalue weighted by molar-refractivity contribution is 5.20. The summed E-state index contributed by atoms with van der Waals surface area (Å²) in [6.45, 7) is 0.879. The van der Waals surface area contributed by atoms with Gasteiger partial charge in [-0.1, -0.05) is 0 Å². The molecule has 5 saturated carbocycles. The highest BCUT2D eigenvalue weighted by Crippen LogP contribution is 2.77. The molecule has 0 amide bonds. The maximum Gasteiger partial charge on any atom is 0.0462 e. The highest BCUT2D eigenvalue weighted by atomic mass is 16.3. The van der Waals surface area contributed by atoms with Gasteiger partial charge in [0.05, 0.1) is 0 Å². The lowest BCUT2D eigenvalue weighted by Crippen LogP contribution is -2.55. The summed E-state index contributed by atoms with van der Waals surface area (Å²) in [6, 6.07) is 0. The van der Waals surface area contributed by atoms with Crippen LogP contribution in [-0.2, 0) is 0 Å². The number of aliphatic hydroxyl groups excluding tert-OH is 2. The maximum atomic E-state index is 9.54. The fraction of sp³-hybridized carbons (Fsp3) is 1.00. The summed E-state index contributed by atoms with van der Waals surface area (Å²) in [5, 5.41) is 19.1. The first-order valence-corrected chi connectivity index (χ1v) is 8.05. The number of aliphatic hydroxyl groups is 2. The normalized spacial score (nSPS) is 67.0. The molecule has 100 valence electrons. The Kier molecular flexibility index (Phi) is 1.97. The molecule has 0 aliphatic heterocycles. The van der Waals surface area contributed by atoms with E-state index >= 15 is 0 Å². The van der Waals surface area contributed by atoms with Crippen LogP contribution in [0.2, 0.25) is 0 Å². The fourth-order valence-corrected chi connectivity index (χ4v) is 7.67. The van der Waals surface area contributed by atoms with Crippen molar-refractivity contribution in [2.75, 3.05) is 13.2 Å². The van der Waals surface area contributed by atoms with E-state index in [-0.39, 0.29) is 0 Å². The van der Waals surface area contributed by atoms with Crippen LogP contribution < -0.4 is 0 Å². The van der Waals surface area contributed by atoms with Gasteiger partial charge >= 0.3 is 0 Å². The molecule has 2 N–H and O–H groups in total. The molecule has 5 aliphatic carbocycles. The lowest BCUT2D eigenvalue weighted by Gasteiger charge is -2.59. The SMILES string of the molecule is OCC1CC2CC1C1C2C2C3CC(CC3CO)C12. The third-order valence-corrected chi connectivity index (χ3v) is 7.90. The van der Waals surface area contributed by atoms with Gasteiger partial charge in [0.15, 0.2) is 0 Å². The Bertz CT molecular complexity index is 337. The van der Waals surface area contributed by atoms with Crippen molar-refractivity contribution >= 4 is 0 Å². The standard InChI is InChI=1S/C16H24O2/c17-5-9-1-7-3-11(9)15-13(7)16-12-4-8(14(15)16)2-10(12)6-18/h7-18H,1-6H2. The van der Waals surface area contributed by atoms with E-state index in [1.165, 1.54) is 25.7 Å². The predicted molar refractivity (Wildman–Crippen MR) is 67.5 cm³/mol. The Balaban J connectivity index is 1.45. The lowest BCUT2D eigenvalue weighted by atomic mass is 9.46. The average Bonchev–Trinajstić information content (AvgIpc) is 3.05. The monoisotopic (exact) mass is 248 g/mol. The molecule has 2 heteroatoms. The second-order valence-electron chi connectivity index (χ2n) is 7.99. The van der Waals surface area contributed by atoms with Gasteiger partial charge in [-0.15, -0.1) is 0 Å². The van der Waals surface area contributed by atoms with Gasteiger partial charge in [-0.3, -0.25) is 0 Å². The quantitative estimate of drug-likeness (QED) is 0.782. The van der Waals surface area contributed by atoms with Crippen LogP contribution in [0, 0.1) is 59.2 Å². The lowest BCUT2D eigenvalue weighted by molar-refractivity contribution is -0.126. The van der Waals surface area contributed by atoms with E-state index in [9.17, 15) is 10.2 Å². The Hall–Kier alpha value is -0.0800. The van der Waals surface area contributed by atoms with E-state index < -0.39 is 0 Å². The van der Waals surface area contributed by atoms with Gasteiger partial charge in [-0.05, 0) is 84.9 Å². The number of hydrogen-bond donors (Lipinski definition) is 2. The van der Waals surface area contributed by atoms with Crippen LogP contribution in [0.5, 0.6) is 0 Å². The van der Waals surface area contributed by atoms with Crippen LogP contribution in [0.1, 0.15) is 25.7 Å². The molecular weight excluding hydrogens is 224 g/mol. The Morgan fingerprint density at radius 2 is 1.06 bits per heavy atom. The first-order valence-electron chi connectivity index (χ1n) is 8.05. The summed E-state index contributed by atoms with van der Waals surface area (Å²) < 4.78 is 0. The summed E-state index contributed by atoms with van der Waals surface area (Å²) in [5.74, 6) is 8.90. The summed E-state index contributed by atoms with van der Waals surface area (Å²) in [5.41, 5.74) is 0. The molecule has 4 bridgehead atoms. The van der Waals surface area contributed by atoms with Crippen molar-refractivity contribution in [1.82, 2.24) is 0 Å². The minimum Gasteiger partial charge on any atom is -0.396 e. The molecule has 0 radical (unpaired) electrons. The molecule has 0 aromatic heterocycles. The van der Waals surface area contributed by atoms with E-state index in [1.807, 2.05) is 0 Å². The highest BCUT2D eigenvalue weighted by Gasteiger charge is 2.72. The van der Waals surface area contributed by atoms with Crippen LogP contribution in [0.15, 0.2) is 0 Å². The van der Waals surface area contributed by atoms with Crippen molar-refractivity contribution in [2.45, 2.75) is 25.7 Å². The minimum atomic E-state index is 0.440. The van der Waals surface area contributed by atoms with Crippen LogP contribution in [0.25, 0.3) is 0 Å². The first kappa shape index (κ1) is 10.7. The summed E-state index contributed by atoms with van der Waals surface area (Å²) in [6.07, 6.45) is 5.48. The van der Waals surface area contributed by atoms with Crippen molar-refractivity contribution in [3.63, 3.8) is 0 Å². The van der Waals surface area contributed by atoms with Crippen LogP contribution in [-0.4, -0.2) is 23.4 Å². The Labute approximate surface area is 109 Å². The molecule has 0 spiro atoms. The van der Waals surface area contributed by atoms with E-state index in [0.717, 1.165) is 47.3 Å². The van der Waals surface area contributed by atoms with Gasteiger partial charge in [0.1, 0.15) is 0 Å². The van der Waals surface area contributed by atoms with Crippen molar-refractivity contribution in [3.8, 4) is 0 Å². The number of hydrogen-bond acceptors (Lipinski definition) is 2. The molecule has 6 unspecified atom stereocenters. The van der Waals surface area contributed by atoms with Crippen molar-refractivity contribution < 1.29 is 10.2 Å². The van der Waals surface area contributed by atoms with Gasteiger partial charge in [0.2, 0.25) is 0 Å². The third kappa shape index (κ3) is 0.987. The van der Waals surface area contributed by atoms with Gasteiger partial charge in [-0.25, -0.2) is 0 Å². The first-order chi connectivity index (χ1) is 8.83. The van der Waals surface area contributed by atoms with Crippen molar-refractivity contribution in [3.05, 3.63) is 0 Å². The largest absolute Gasteiger partial charge is 0.396 e. The van der Waals surface area contributed by atoms with Crippen LogP contribution >= 0.6 is 0 Å². The predicted octanol–water partition coefficient (Wildman–Crippen LogP) is 1.76.